The molecule has 0 unspecified atom stereocenters. The number of methoxy groups -OCH3 is 1. The number of hydrogen-bond acceptors (Lipinski definition) is 2. The molecule has 0 bridgehead atoms. The topological polar surface area (TPSA) is 26.3 Å². The van der Waals surface area contributed by atoms with Gasteiger partial charge in [-0.15, -0.1) is 0 Å². The van der Waals surface area contributed by atoms with Gasteiger partial charge in [0.25, 0.3) is 0 Å². The van der Waals surface area contributed by atoms with Crippen molar-refractivity contribution in [1.82, 2.24) is 0 Å². The van der Waals surface area contributed by atoms with E-state index in [1.165, 1.54) is 26.4 Å². The maximum Gasteiger partial charge on any atom is 0.312 e. The maximum absolute atomic E-state index is 11.7. The van der Waals surface area contributed by atoms with Crippen LogP contribution in [0.2, 0.25) is 0 Å². The molecule has 2 heteroatoms. The first-order valence-corrected chi connectivity index (χ1v) is 5.27. The fourth-order valence-electron chi connectivity index (χ4n) is 3.50. The summed E-state index contributed by atoms with van der Waals surface area (Å²) in [5, 5.41) is 0. The Morgan fingerprint density at radius 2 is 2.31 bits per heavy atom. The lowest BCUT2D eigenvalue weighted by Gasteiger charge is -2.25. The van der Waals surface area contributed by atoms with Crippen LogP contribution >= 0.6 is 0 Å². The molecule has 0 spiro atoms. The summed E-state index contributed by atoms with van der Waals surface area (Å²) in [4.78, 5) is 11.7. The van der Waals surface area contributed by atoms with Gasteiger partial charge in [-0.1, -0.05) is 13.3 Å². The molecule has 0 aromatic rings. The molecule has 0 N–H and O–H groups in total. The molecular weight excluding hydrogens is 164 g/mol. The van der Waals surface area contributed by atoms with Crippen LogP contribution in [0.3, 0.4) is 0 Å². The summed E-state index contributed by atoms with van der Waals surface area (Å²) in [5.74, 6) is 1.39. The molecule has 0 heterocycles. The van der Waals surface area contributed by atoms with Crippen molar-refractivity contribution in [2.45, 2.75) is 39.0 Å². The van der Waals surface area contributed by atoms with E-state index >= 15 is 0 Å². The lowest BCUT2D eigenvalue weighted by molar-refractivity contribution is -0.154. The Labute approximate surface area is 79.7 Å². The van der Waals surface area contributed by atoms with Gasteiger partial charge >= 0.3 is 5.97 Å². The normalized spacial score (nSPS) is 43.2. The van der Waals surface area contributed by atoms with Crippen LogP contribution in [0.15, 0.2) is 0 Å². The van der Waals surface area contributed by atoms with Crippen LogP contribution in [0.25, 0.3) is 0 Å². The third kappa shape index (κ3) is 1.18. The van der Waals surface area contributed by atoms with Crippen LogP contribution in [-0.4, -0.2) is 13.1 Å². The van der Waals surface area contributed by atoms with Gasteiger partial charge in [-0.05, 0) is 37.5 Å². The third-order valence-electron chi connectivity index (χ3n) is 3.95. The Morgan fingerprint density at radius 3 is 3.00 bits per heavy atom. The van der Waals surface area contributed by atoms with Gasteiger partial charge in [0.1, 0.15) is 0 Å². The predicted octanol–water partition coefficient (Wildman–Crippen LogP) is 2.38. The van der Waals surface area contributed by atoms with Crippen molar-refractivity contribution in [1.29, 1.82) is 0 Å². The molecule has 3 atom stereocenters. The maximum atomic E-state index is 11.7. The minimum Gasteiger partial charge on any atom is -0.469 e. The van der Waals surface area contributed by atoms with E-state index < -0.39 is 0 Å². The summed E-state index contributed by atoms with van der Waals surface area (Å²) < 4.78 is 4.95. The van der Waals surface area contributed by atoms with E-state index in [1.807, 2.05) is 0 Å². The Morgan fingerprint density at radius 1 is 1.54 bits per heavy atom. The molecule has 2 rings (SSSR count). The van der Waals surface area contributed by atoms with Crippen molar-refractivity contribution < 1.29 is 9.53 Å². The standard InChI is InChI=1S/C11H18O2/c1-8-6-9-4-3-5-11(9,7-8)10(12)13-2/h8-9H,3-7H2,1-2H3/t8-,9-,11-/m0/s1. The zero-order chi connectivity index (χ0) is 9.47. The zero-order valence-corrected chi connectivity index (χ0v) is 8.51. The molecule has 0 amide bonds. The average Bonchev–Trinajstić information content (AvgIpc) is 2.59. The van der Waals surface area contributed by atoms with Crippen molar-refractivity contribution in [2.75, 3.05) is 7.11 Å². The van der Waals surface area contributed by atoms with Gasteiger partial charge < -0.3 is 4.74 Å². The number of ether oxygens (including phenoxy) is 1. The van der Waals surface area contributed by atoms with E-state index in [2.05, 4.69) is 6.92 Å². The minimum absolute atomic E-state index is 0.0550. The van der Waals surface area contributed by atoms with Gasteiger partial charge in [0.15, 0.2) is 0 Å². The number of esters is 1. The van der Waals surface area contributed by atoms with Crippen LogP contribution in [0.4, 0.5) is 0 Å². The van der Waals surface area contributed by atoms with Gasteiger partial charge in [-0.25, -0.2) is 0 Å². The number of rotatable bonds is 1. The smallest absolute Gasteiger partial charge is 0.312 e. The van der Waals surface area contributed by atoms with Crippen LogP contribution in [-0.2, 0) is 9.53 Å². The molecule has 13 heavy (non-hydrogen) atoms. The van der Waals surface area contributed by atoms with Gasteiger partial charge in [0.05, 0.1) is 12.5 Å². The molecular formula is C11H18O2. The summed E-state index contributed by atoms with van der Waals surface area (Å²) in [6.45, 7) is 2.25. The van der Waals surface area contributed by atoms with E-state index in [9.17, 15) is 4.79 Å². The van der Waals surface area contributed by atoms with Crippen LogP contribution in [0, 0.1) is 17.3 Å². The van der Waals surface area contributed by atoms with Crippen LogP contribution < -0.4 is 0 Å². The highest BCUT2D eigenvalue weighted by Gasteiger charge is 2.54. The lowest BCUT2D eigenvalue weighted by atomic mass is 9.80. The monoisotopic (exact) mass is 182 g/mol. The fraction of sp³-hybridized carbons (Fsp3) is 0.909. The second-order valence-corrected chi connectivity index (χ2v) is 4.78. The molecule has 2 saturated carbocycles. The molecule has 0 radical (unpaired) electrons. The number of carbonyl (C=O) groups is 1. The minimum atomic E-state index is -0.0752. The van der Waals surface area contributed by atoms with Crippen molar-refractivity contribution in [3.63, 3.8) is 0 Å². The van der Waals surface area contributed by atoms with Crippen molar-refractivity contribution in [3.8, 4) is 0 Å². The Balaban J connectivity index is 2.23. The molecule has 74 valence electrons. The molecule has 0 aromatic carbocycles. The van der Waals surface area contributed by atoms with Crippen LogP contribution in [0.5, 0.6) is 0 Å². The quantitative estimate of drug-likeness (QED) is 0.582. The first-order valence-electron chi connectivity index (χ1n) is 5.27. The van der Waals surface area contributed by atoms with Gasteiger partial charge in [0.2, 0.25) is 0 Å². The van der Waals surface area contributed by atoms with E-state index in [-0.39, 0.29) is 11.4 Å². The largest absolute Gasteiger partial charge is 0.469 e. The van der Waals surface area contributed by atoms with Crippen molar-refractivity contribution in [3.05, 3.63) is 0 Å². The van der Waals surface area contributed by atoms with Gasteiger partial charge in [-0.2, -0.15) is 0 Å². The summed E-state index contributed by atoms with van der Waals surface area (Å²) in [5.41, 5.74) is -0.0752. The number of hydrogen-bond donors (Lipinski definition) is 0. The van der Waals surface area contributed by atoms with Crippen LogP contribution in [0.1, 0.15) is 39.0 Å². The first-order chi connectivity index (χ1) is 6.19. The summed E-state index contributed by atoms with van der Waals surface area (Å²) in [7, 11) is 1.52. The van der Waals surface area contributed by atoms with E-state index in [1.54, 1.807) is 0 Å². The van der Waals surface area contributed by atoms with E-state index in [4.69, 9.17) is 4.74 Å². The molecule has 2 aliphatic rings. The molecule has 0 saturated heterocycles. The third-order valence-corrected chi connectivity index (χ3v) is 3.95. The SMILES string of the molecule is COC(=O)[C@]12CCC[C@H]1C[C@H](C)C2. The average molecular weight is 182 g/mol. The second kappa shape index (κ2) is 3.00. The van der Waals surface area contributed by atoms with Gasteiger partial charge in [0, 0.05) is 0 Å². The highest BCUT2D eigenvalue weighted by molar-refractivity contribution is 5.78. The fourth-order valence-corrected chi connectivity index (χ4v) is 3.50. The van der Waals surface area contributed by atoms with Crippen molar-refractivity contribution >= 4 is 5.97 Å². The lowest BCUT2D eigenvalue weighted by Crippen LogP contribution is -2.31. The predicted molar refractivity (Wildman–Crippen MR) is 50.2 cm³/mol. The number of fused-ring (bicyclic) bond motifs is 1. The second-order valence-electron chi connectivity index (χ2n) is 4.78. The van der Waals surface area contributed by atoms with Crippen molar-refractivity contribution in [2.24, 2.45) is 17.3 Å². The molecule has 0 aliphatic heterocycles. The molecule has 2 aliphatic carbocycles. The van der Waals surface area contributed by atoms with E-state index in [0.29, 0.717) is 11.8 Å². The number of carbonyl (C=O) groups excluding carboxylic acids is 1. The Kier molecular flexibility index (Phi) is 2.09. The highest BCUT2D eigenvalue weighted by Crippen LogP contribution is 2.56. The Bertz CT molecular complexity index is 224. The van der Waals surface area contributed by atoms with E-state index in [0.717, 1.165) is 12.8 Å². The zero-order valence-electron chi connectivity index (χ0n) is 8.51. The molecule has 2 nitrogen and oxygen atoms in total. The molecule has 0 aromatic heterocycles. The molecule has 2 fully saturated rings. The Hall–Kier alpha value is -0.530. The summed E-state index contributed by atoms with van der Waals surface area (Å²) in [6, 6.07) is 0. The summed E-state index contributed by atoms with van der Waals surface area (Å²) in [6.07, 6.45) is 5.81. The van der Waals surface area contributed by atoms with Gasteiger partial charge in [-0.3, -0.25) is 4.79 Å². The summed E-state index contributed by atoms with van der Waals surface area (Å²) >= 11 is 0. The highest BCUT2D eigenvalue weighted by atomic mass is 16.5. The first kappa shape index (κ1) is 9.04.